The second-order valence-corrected chi connectivity index (χ2v) is 9.32. The van der Waals surface area contributed by atoms with Crippen LogP contribution in [0.25, 0.3) is 0 Å². The van der Waals surface area contributed by atoms with Crippen LogP contribution >= 0.6 is 0 Å². The van der Waals surface area contributed by atoms with E-state index in [4.69, 9.17) is 9.47 Å². The highest BCUT2D eigenvalue weighted by atomic mass is 16.5. The summed E-state index contributed by atoms with van der Waals surface area (Å²) in [6.07, 6.45) is 3.03. The Morgan fingerprint density at radius 1 is 0.865 bits per heavy atom. The number of rotatable bonds is 8. The molecule has 0 fully saturated rings. The average Bonchev–Trinajstić information content (AvgIpc) is 2.96. The first-order chi connectivity index (χ1) is 18.2. The molecule has 5 nitrogen and oxygen atoms in total. The Morgan fingerprint density at radius 2 is 1.65 bits per heavy atom. The van der Waals surface area contributed by atoms with E-state index >= 15 is 0 Å². The van der Waals surface area contributed by atoms with Gasteiger partial charge in [0, 0.05) is 18.3 Å². The second-order valence-electron chi connectivity index (χ2n) is 9.32. The molecule has 5 rings (SSSR count). The molecule has 1 unspecified atom stereocenters. The topological polar surface area (TPSA) is 50.8 Å². The first-order valence-corrected chi connectivity index (χ1v) is 12.7. The lowest BCUT2D eigenvalue weighted by molar-refractivity contribution is 0.175. The van der Waals surface area contributed by atoms with Gasteiger partial charge in [0.1, 0.15) is 18.1 Å². The Labute approximate surface area is 218 Å². The van der Waals surface area contributed by atoms with Crippen LogP contribution in [0.2, 0.25) is 0 Å². The molecule has 0 heterocycles. The van der Waals surface area contributed by atoms with Crippen LogP contribution in [0.4, 0.5) is 10.5 Å². The van der Waals surface area contributed by atoms with Gasteiger partial charge in [0.25, 0.3) is 0 Å². The summed E-state index contributed by atoms with van der Waals surface area (Å²) in [5.41, 5.74) is 5.45. The highest BCUT2D eigenvalue weighted by molar-refractivity contribution is 5.90. The number of carbonyl (C=O) groups excluding carboxylic acids is 1. The number of fused-ring (bicyclic) bond motifs is 1. The number of nitrogens with zero attached hydrogens (tertiary/aromatic N) is 1. The van der Waals surface area contributed by atoms with E-state index in [9.17, 15) is 4.79 Å². The van der Waals surface area contributed by atoms with E-state index in [1.54, 1.807) is 7.11 Å². The third-order valence-corrected chi connectivity index (χ3v) is 6.82. The van der Waals surface area contributed by atoms with Gasteiger partial charge in [-0.3, -0.25) is 0 Å². The van der Waals surface area contributed by atoms with Crippen LogP contribution in [0.1, 0.15) is 41.1 Å². The van der Waals surface area contributed by atoms with Crippen molar-refractivity contribution in [1.29, 1.82) is 0 Å². The standard InChI is InChI=1S/C32H32N2O3/c1-36-29-14-8-13-27(21-29)33-32(35)34(31-16-7-12-26-11-5-6-15-30(26)31)22-24-17-19-28(20-18-24)37-23-25-9-3-2-4-10-25/h2-6,8-11,13-15,17-21,31H,7,12,16,22-23H2,1H3,(H,33,35). The minimum atomic E-state index is -0.126. The van der Waals surface area contributed by atoms with E-state index < -0.39 is 0 Å². The largest absolute Gasteiger partial charge is 0.497 e. The number of anilines is 1. The zero-order chi connectivity index (χ0) is 25.5. The molecule has 4 aromatic rings. The number of ether oxygens (including phenoxy) is 2. The predicted octanol–water partition coefficient (Wildman–Crippen LogP) is 7.39. The summed E-state index contributed by atoms with van der Waals surface area (Å²) in [4.78, 5) is 15.7. The summed E-state index contributed by atoms with van der Waals surface area (Å²) in [6, 6.07) is 34.0. The van der Waals surface area contributed by atoms with Gasteiger partial charge in [-0.1, -0.05) is 72.8 Å². The Morgan fingerprint density at radius 3 is 2.46 bits per heavy atom. The maximum absolute atomic E-state index is 13.7. The van der Waals surface area contributed by atoms with Crippen molar-refractivity contribution in [3.63, 3.8) is 0 Å². The number of hydrogen-bond donors (Lipinski definition) is 1. The fourth-order valence-corrected chi connectivity index (χ4v) is 4.90. The molecule has 0 radical (unpaired) electrons. The van der Waals surface area contributed by atoms with Crippen molar-refractivity contribution < 1.29 is 14.3 Å². The van der Waals surface area contributed by atoms with Crippen molar-refractivity contribution in [3.05, 3.63) is 125 Å². The molecule has 5 heteroatoms. The lowest BCUT2D eigenvalue weighted by atomic mass is 9.86. The number of nitrogens with one attached hydrogen (secondary N) is 1. The Balaban J connectivity index is 1.35. The molecule has 1 aliphatic carbocycles. The van der Waals surface area contributed by atoms with Gasteiger partial charge in [-0.05, 0) is 65.8 Å². The lowest BCUT2D eigenvalue weighted by Gasteiger charge is -2.36. The molecule has 0 bridgehead atoms. The van der Waals surface area contributed by atoms with Crippen LogP contribution in [-0.2, 0) is 19.6 Å². The zero-order valence-electron chi connectivity index (χ0n) is 21.1. The molecule has 4 aromatic carbocycles. The molecule has 2 amide bonds. The van der Waals surface area contributed by atoms with Crippen molar-refractivity contribution in [1.82, 2.24) is 4.90 Å². The fraction of sp³-hybridized carbons (Fsp3) is 0.219. The Kier molecular flexibility index (Phi) is 7.70. The normalized spacial score (nSPS) is 14.4. The summed E-state index contributed by atoms with van der Waals surface area (Å²) >= 11 is 0. The number of urea groups is 1. The Bertz CT molecular complexity index is 1320. The number of carbonyl (C=O) groups is 1. The van der Waals surface area contributed by atoms with E-state index in [1.807, 2.05) is 71.6 Å². The van der Waals surface area contributed by atoms with Crippen molar-refractivity contribution in [3.8, 4) is 11.5 Å². The van der Waals surface area contributed by atoms with Gasteiger partial charge in [0.15, 0.2) is 0 Å². The molecule has 1 atom stereocenters. The highest BCUT2D eigenvalue weighted by Crippen LogP contribution is 2.36. The van der Waals surface area contributed by atoms with Crippen LogP contribution in [0.5, 0.6) is 11.5 Å². The van der Waals surface area contributed by atoms with Crippen LogP contribution in [0.3, 0.4) is 0 Å². The highest BCUT2D eigenvalue weighted by Gasteiger charge is 2.29. The van der Waals surface area contributed by atoms with Crippen LogP contribution in [-0.4, -0.2) is 18.0 Å². The minimum Gasteiger partial charge on any atom is -0.497 e. The number of benzene rings is 4. The maximum atomic E-state index is 13.7. The first kappa shape index (κ1) is 24.4. The summed E-state index contributed by atoms with van der Waals surface area (Å²) in [5.74, 6) is 1.52. The minimum absolute atomic E-state index is 0.00423. The number of aryl methyl sites for hydroxylation is 1. The molecular weight excluding hydrogens is 460 g/mol. The third kappa shape index (κ3) is 6.12. The quantitative estimate of drug-likeness (QED) is 0.279. The van der Waals surface area contributed by atoms with E-state index in [0.717, 1.165) is 36.1 Å². The first-order valence-electron chi connectivity index (χ1n) is 12.7. The molecule has 0 saturated carbocycles. The van der Waals surface area contributed by atoms with Gasteiger partial charge in [0.2, 0.25) is 0 Å². The molecule has 0 aromatic heterocycles. The molecule has 0 saturated heterocycles. The monoisotopic (exact) mass is 492 g/mol. The zero-order valence-corrected chi connectivity index (χ0v) is 21.1. The number of methoxy groups -OCH3 is 1. The van der Waals surface area contributed by atoms with E-state index in [0.29, 0.717) is 24.6 Å². The van der Waals surface area contributed by atoms with E-state index in [2.05, 4.69) is 41.7 Å². The van der Waals surface area contributed by atoms with Crippen LogP contribution < -0.4 is 14.8 Å². The van der Waals surface area contributed by atoms with Gasteiger partial charge in [0.05, 0.1) is 13.2 Å². The molecule has 0 aliphatic heterocycles. The van der Waals surface area contributed by atoms with Crippen molar-refractivity contribution in [2.24, 2.45) is 0 Å². The number of hydrogen-bond acceptors (Lipinski definition) is 3. The number of amides is 2. The molecule has 1 N–H and O–H groups in total. The molecule has 188 valence electrons. The summed E-state index contributed by atoms with van der Waals surface area (Å²) in [7, 11) is 1.62. The summed E-state index contributed by atoms with van der Waals surface area (Å²) < 4.78 is 11.3. The predicted molar refractivity (Wildman–Crippen MR) is 147 cm³/mol. The van der Waals surface area contributed by atoms with Crippen LogP contribution in [0, 0.1) is 0 Å². The van der Waals surface area contributed by atoms with Gasteiger partial charge < -0.3 is 19.7 Å². The van der Waals surface area contributed by atoms with Gasteiger partial charge in [-0.2, -0.15) is 0 Å². The van der Waals surface area contributed by atoms with E-state index in [-0.39, 0.29) is 12.1 Å². The maximum Gasteiger partial charge on any atom is 0.322 e. The van der Waals surface area contributed by atoms with Crippen molar-refractivity contribution in [2.75, 3.05) is 12.4 Å². The molecule has 1 aliphatic rings. The smallest absolute Gasteiger partial charge is 0.322 e. The SMILES string of the molecule is COc1cccc(NC(=O)N(Cc2ccc(OCc3ccccc3)cc2)C2CCCc3ccccc32)c1. The van der Waals surface area contributed by atoms with Gasteiger partial charge in [-0.15, -0.1) is 0 Å². The average molecular weight is 493 g/mol. The fourth-order valence-electron chi connectivity index (χ4n) is 4.90. The van der Waals surface area contributed by atoms with Gasteiger partial charge in [-0.25, -0.2) is 4.79 Å². The Hall–Kier alpha value is -4.25. The van der Waals surface area contributed by atoms with Crippen LogP contribution in [0.15, 0.2) is 103 Å². The van der Waals surface area contributed by atoms with E-state index in [1.165, 1.54) is 11.1 Å². The van der Waals surface area contributed by atoms with Crippen molar-refractivity contribution in [2.45, 2.75) is 38.5 Å². The van der Waals surface area contributed by atoms with Crippen molar-refractivity contribution >= 4 is 11.7 Å². The molecule has 37 heavy (non-hydrogen) atoms. The third-order valence-electron chi connectivity index (χ3n) is 6.82. The second kappa shape index (κ2) is 11.7. The molecule has 0 spiro atoms. The van der Waals surface area contributed by atoms with Gasteiger partial charge >= 0.3 is 6.03 Å². The molecular formula is C32H32N2O3. The summed E-state index contributed by atoms with van der Waals surface area (Å²) in [6.45, 7) is 1.02. The summed E-state index contributed by atoms with van der Waals surface area (Å²) in [5, 5.41) is 3.10. The lowest BCUT2D eigenvalue weighted by Crippen LogP contribution is -2.39.